The summed E-state index contributed by atoms with van der Waals surface area (Å²) in [5, 5.41) is 7.95. The number of ether oxygens (including phenoxy) is 2. The fourth-order valence-corrected chi connectivity index (χ4v) is 3.67. The average molecular weight is 427 g/mol. The summed E-state index contributed by atoms with van der Waals surface area (Å²) in [5.74, 6) is 0.526. The van der Waals surface area contributed by atoms with Crippen molar-refractivity contribution in [1.82, 2.24) is 9.78 Å². The third kappa shape index (κ3) is 3.81. The number of nitrogens with two attached hydrogens (primary N) is 1. The van der Waals surface area contributed by atoms with Crippen LogP contribution in [-0.2, 0) is 9.59 Å². The summed E-state index contributed by atoms with van der Waals surface area (Å²) in [6.45, 7) is -0.252. The van der Waals surface area contributed by atoms with Gasteiger partial charge in [0.25, 0.3) is 5.91 Å². The van der Waals surface area contributed by atoms with Crippen LogP contribution in [0.1, 0.15) is 23.5 Å². The molecule has 3 aromatic rings. The summed E-state index contributed by atoms with van der Waals surface area (Å²) < 4.78 is 12.4. The lowest BCUT2D eigenvalue weighted by molar-refractivity contribution is -0.120. The molecular weight excluding hydrogens is 408 g/mol. The van der Waals surface area contributed by atoms with Gasteiger partial charge in [0.1, 0.15) is 5.82 Å². The molecule has 1 aromatic heterocycles. The van der Waals surface area contributed by atoms with Crippen molar-refractivity contribution in [2.75, 3.05) is 19.0 Å². The monoisotopic (exact) mass is 426 g/mol. The lowest BCUT2D eigenvalue weighted by Crippen LogP contribution is -2.24. The predicted octanol–water partition coefficient (Wildman–Crippen LogP) is 2.87. The predicted molar refractivity (Wildman–Crippen MR) is 111 cm³/mol. The summed E-state index contributed by atoms with van der Waals surface area (Å²) in [4.78, 5) is 23.5. The molecule has 0 fully saturated rings. The molecule has 2 heterocycles. The summed E-state index contributed by atoms with van der Waals surface area (Å²) >= 11 is 6.11. The number of aromatic nitrogens is 2. The molecule has 0 saturated carbocycles. The number of rotatable bonds is 6. The van der Waals surface area contributed by atoms with Crippen LogP contribution in [0.15, 0.2) is 48.7 Å². The van der Waals surface area contributed by atoms with Crippen molar-refractivity contribution in [2.45, 2.75) is 12.3 Å². The Hall–Kier alpha value is -3.52. The first kappa shape index (κ1) is 19.8. The lowest BCUT2D eigenvalue weighted by atomic mass is 9.87. The molecule has 3 N–H and O–H groups in total. The zero-order valence-corrected chi connectivity index (χ0v) is 16.8. The maximum absolute atomic E-state index is 12.5. The van der Waals surface area contributed by atoms with Gasteiger partial charge in [-0.15, -0.1) is 0 Å². The van der Waals surface area contributed by atoms with E-state index < -0.39 is 5.91 Å². The first-order valence-corrected chi connectivity index (χ1v) is 9.57. The summed E-state index contributed by atoms with van der Waals surface area (Å²) in [7, 11) is 1.51. The maximum atomic E-state index is 12.5. The van der Waals surface area contributed by atoms with Gasteiger partial charge in [-0.1, -0.05) is 23.7 Å². The molecule has 1 unspecified atom stereocenters. The van der Waals surface area contributed by atoms with Crippen LogP contribution in [0.3, 0.4) is 0 Å². The highest BCUT2D eigenvalue weighted by molar-refractivity contribution is 6.30. The Labute approximate surface area is 177 Å². The molecule has 9 heteroatoms. The number of benzene rings is 2. The largest absolute Gasteiger partial charge is 0.493 e. The summed E-state index contributed by atoms with van der Waals surface area (Å²) in [6, 6.07) is 12.6. The molecular formula is C21H19ClN4O4. The SMILES string of the molecule is COc1cc(C2CC(=O)Nc3c2cnn3-c2cccc(Cl)c2)ccc1OCC(N)=O. The number of carbonyl (C=O) groups excluding carboxylic acids is 2. The second kappa shape index (κ2) is 8.08. The number of nitrogens with zero attached hydrogens (tertiary/aromatic N) is 2. The normalized spacial score (nSPS) is 15.3. The average Bonchev–Trinajstić information content (AvgIpc) is 3.15. The van der Waals surface area contributed by atoms with Crippen molar-refractivity contribution in [2.24, 2.45) is 5.73 Å². The number of hydrogen-bond acceptors (Lipinski definition) is 5. The molecule has 30 heavy (non-hydrogen) atoms. The molecule has 0 bridgehead atoms. The molecule has 2 amide bonds. The van der Waals surface area contributed by atoms with E-state index in [1.807, 2.05) is 18.2 Å². The van der Waals surface area contributed by atoms with Crippen molar-refractivity contribution in [3.8, 4) is 17.2 Å². The van der Waals surface area contributed by atoms with E-state index in [1.165, 1.54) is 7.11 Å². The minimum atomic E-state index is -0.580. The zero-order chi connectivity index (χ0) is 21.3. The number of methoxy groups -OCH3 is 1. The van der Waals surface area contributed by atoms with E-state index in [1.54, 1.807) is 35.1 Å². The maximum Gasteiger partial charge on any atom is 0.255 e. The van der Waals surface area contributed by atoms with Crippen molar-refractivity contribution < 1.29 is 19.1 Å². The standard InChI is InChI=1S/C21H19ClN4O4/c1-29-18-7-12(5-6-17(18)30-11-19(23)27)15-9-20(28)25-21-16(15)10-24-26(21)14-4-2-3-13(22)8-14/h2-8,10,15H,9,11H2,1H3,(H2,23,27)(H,25,28). The molecule has 4 rings (SSSR count). The van der Waals surface area contributed by atoms with E-state index in [2.05, 4.69) is 10.4 Å². The van der Waals surface area contributed by atoms with Crippen LogP contribution in [0.25, 0.3) is 5.69 Å². The van der Waals surface area contributed by atoms with E-state index in [0.717, 1.165) is 16.8 Å². The van der Waals surface area contributed by atoms with Crippen molar-refractivity contribution in [3.63, 3.8) is 0 Å². The molecule has 0 radical (unpaired) electrons. The third-order valence-corrected chi connectivity index (χ3v) is 5.07. The van der Waals surface area contributed by atoms with E-state index >= 15 is 0 Å². The van der Waals surface area contributed by atoms with Crippen LogP contribution in [0.2, 0.25) is 5.02 Å². The third-order valence-electron chi connectivity index (χ3n) is 4.83. The van der Waals surface area contributed by atoms with Crippen LogP contribution in [-0.4, -0.2) is 35.3 Å². The Kier molecular flexibility index (Phi) is 5.33. The van der Waals surface area contributed by atoms with Crippen molar-refractivity contribution >= 4 is 29.2 Å². The van der Waals surface area contributed by atoms with E-state index in [4.69, 9.17) is 26.8 Å². The van der Waals surface area contributed by atoms with Crippen LogP contribution in [0, 0.1) is 0 Å². The van der Waals surface area contributed by atoms with Gasteiger partial charge < -0.3 is 20.5 Å². The molecule has 0 saturated heterocycles. The Morgan fingerprint density at radius 3 is 2.87 bits per heavy atom. The highest BCUT2D eigenvalue weighted by atomic mass is 35.5. The highest BCUT2D eigenvalue weighted by Gasteiger charge is 2.31. The lowest BCUT2D eigenvalue weighted by Gasteiger charge is -2.24. The van der Waals surface area contributed by atoms with Gasteiger partial charge in [-0.2, -0.15) is 5.10 Å². The van der Waals surface area contributed by atoms with Gasteiger partial charge in [-0.05, 0) is 35.9 Å². The second-order valence-electron chi connectivity index (χ2n) is 6.81. The quantitative estimate of drug-likeness (QED) is 0.630. The molecule has 1 aliphatic heterocycles. The van der Waals surface area contributed by atoms with E-state index in [-0.39, 0.29) is 24.9 Å². The van der Waals surface area contributed by atoms with Gasteiger partial charge in [0.05, 0.1) is 19.0 Å². The number of hydrogen-bond donors (Lipinski definition) is 2. The number of primary amides is 1. The Balaban J connectivity index is 1.72. The van der Waals surface area contributed by atoms with Gasteiger partial charge >= 0.3 is 0 Å². The van der Waals surface area contributed by atoms with E-state index in [9.17, 15) is 9.59 Å². The molecule has 8 nitrogen and oxygen atoms in total. The number of carbonyl (C=O) groups is 2. The van der Waals surface area contributed by atoms with Crippen molar-refractivity contribution in [1.29, 1.82) is 0 Å². The fraction of sp³-hybridized carbons (Fsp3) is 0.190. The van der Waals surface area contributed by atoms with E-state index in [0.29, 0.717) is 22.3 Å². The smallest absolute Gasteiger partial charge is 0.255 e. The zero-order valence-electron chi connectivity index (χ0n) is 16.1. The summed E-state index contributed by atoms with van der Waals surface area (Å²) in [5.41, 5.74) is 7.63. The molecule has 154 valence electrons. The molecule has 1 atom stereocenters. The van der Waals surface area contributed by atoms with Gasteiger partial charge in [0, 0.05) is 22.9 Å². The Morgan fingerprint density at radius 1 is 1.30 bits per heavy atom. The number of nitrogens with one attached hydrogen (secondary N) is 1. The van der Waals surface area contributed by atoms with Gasteiger partial charge in [0.2, 0.25) is 5.91 Å². The van der Waals surface area contributed by atoms with Gasteiger partial charge in [-0.25, -0.2) is 4.68 Å². The second-order valence-corrected chi connectivity index (χ2v) is 7.25. The fourth-order valence-electron chi connectivity index (χ4n) is 3.49. The number of fused-ring (bicyclic) bond motifs is 1. The van der Waals surface area contributed by atoms with Gasteiger partial charge in [-0.3, -0.25) is 9.59 Å². The first-order chi connectivity index (χ1) is 14.5. The number of amides is 2. The molecule has 2 aromatic carbocycles. The first-order valence-electron chi connectivity index (χ1n) is 9.19. The highest BCUT2D eigenvalue weighted by Crippen LogP contribution is 2.40. The minimum Gasteiger partial charge on any atom is -0.493 e. The molecule has 1 aliphatic rings. The molecule has 0 aliphatic carbocycles. The van der Waals surface area contributed by atoms with Crippen LogP contribution in [0.5, 0.6) is 11.5 Å². The topological polar surface area (TPSA) is 108 Å². The molecule has 0 spiro atoms. The van der Waals surface area contributed by atoms with Crippen molar-refractivity contribution in [3.05, 3.63) is 64.8 Å². The van der Waals surface area contributed by atoms with Crippen LogP contribution >= 0.6 is 11.6 Å². The van der Waals surface area contributed by atoms with Crippen LogP contribution < -0.4 is 20.5 Å². The number of anilines is 1. The van der Waals surface area contributed by atoms with Gasteiger partial charge in [0.15, 0.2) is 18.1 Å². The number of halogens is 1. The minimum absolute atomic E-state index is 0.121. The Bertz CT molecular complexity index is 1130. The van der Waals surface area contributed by atoms with Crippen LogP contribution in [0.4, 0.5) is 5.82 Å². The Morgan fingerprint density at radius 2 is 2.13 bits per heavy atom. The summed E-state index contributed by atoms with van der Waals surface area (Å²) in [6.07, 6.45) is 2.00.